The van der Waals surface area contributed by atoms with Crippen molar-refractivity contribution in [3.63, 3.8) is 0 Å². The second kappa shape index (κ2) is 8.88. The van der Waals surface area contributed by atoms with Crippen molar-refractivity contribution in [3.05, 3.63) is 70.6 Å². The zero-order valence-electron chi connectivity index (χ0n) is 17.9. The number of hydrazone groups is 1. The third-order valence-electron chi connectivity index (χ3n) is 5.25. The van der Waals surface area contributed by atoms with Gasteiger partial charge in [0.05, 0.1) is 23.8 Å². The molecule has 1 fully saturated rings. The minimum absolute atomic E-state index is 0.0646. The van der Waals surface area contributed by atoms with Gasteiger partial charge in [-0.25, -0.2) is 5.01 Å². The number of rotatable bonds is 5. The summed E-state index contributed by atoms with van der Waals surface area (Å²) in [6.07, 6.45) is 1.69. The number of amides is 3. The number of carbonyl (C=O) groups excluding carboxylic acids is 3. The average molecular weight is 451 g/mol. The highest BCUT2D eigenvalue weighted by atomic mass is 32.2. The van der Waals surface area contributed by atoms with Crippen LogP contribution in [0.5, 0.6) is 5.75 Å². The summed E-state index contributed by atoms with van der Waals surface area (Å²) in [5.41, 5.74) is 3.60. The first-order valence-corrected chi connectivity index (χ1v) is 10.7. The van der Waals surface area contributed by atoms with E-state index in [1.807, 2.05) is 67.5 Å². The highest BCUT2D eigenvalue weighted by molar-refractivity contribution is 8.18. The lowest BCUT2D eigenvalue weighted by Gasteiger charge is -2.22. The molecule has 32 heavy (non-hydrogen) atoms. The van der Waals surface area contributed by atoms with Gasteiger partial charge in [-0.1, -0.05) is 12.1 Å². The van der Waals surface area contributed by atoms with Gasteiger partial charge in [-0.3, -0.25) is 19.7 Å². The number of methoxy groups -OCH3 is 1. The van der Waals surface area contributed by atoms with E-state index in [4.69, 9.17) is 4.74 Å². The summed E-state index contributed by atoms with van der Waals surface area (Å²) in [6, 6.07) is 15.1. The third-order valence-corrected chi connectivity index (χ3v) is 6.06. The van der Waals surface area contributed by atoms with Gasteiger partial charge in [-0.15, -0.1) is 0 Å². The standard InChI is InChI=1S/C23H22N4O4S/c1-26(2)16-8-4-15(5-9-16)19-12-18(14-6-10-17(31-3)11-7-14)25-27(19)21(28)13-20-22(29)24-23(30)32-20/h4-11,13,19H,12H2,1-3H3,(H,24,29,30)/b20-13-. The number of hydrogen-bond donors (Lipinski definition) is 1. The van der Waals surface area contributed by atoms with Crippen LogP contribution in [0.2, 0.25) is 0 Å². The van der Waals surface area contributed by atoms with Crippen molar-refractivity contribution in [1.82, 2.24) is 10.3 Å². The number of nitrogens with zero attached hydrogens (tertiary/aromatic N) is 3. The number of nitrogens with one attached hydrogen (secondary N) is 1. The molecule has 9 heteroatoms. The maximum Gasteiger partial charge on any atom is 0.290 e. The molecule has 1 unspecified atom stereocenters. The van der Waals surface area contributed by atoms with Crippen LogP contribution < -0.4 is 15.0 Å². The minimum atomic E-state index is -0.571. The largest absolute Gasteiger partial charge is 0.497 e. The van der Waals surface area contributed by atoms with Gasteiger partial charge in [-0.2, -0.15) is 5.10 Å². The maximum atomic E-state index is 13.1. The molecule has 2 aromatic carbocycles. The molecule has 0 spiro atoms. The van der Waals surface area contributed by atoms with Crippen LogP contribution in [0.15, 0.2) is 64.6 Å². The van der Waals surface area contributed by atoms with Crippen molar-refractivity contribution >= 4 is 40.2 Å². The number of ether oxygens (including phenoxy) is 1. The van der Waals surface area contributed by atoms with Gasteiger partial charge < -0.3 is 9.64 Å². The van der Waals surface area contributed by atoms with Gasteiger partial charge in [-0.05, 0) is 59.3 Å². The van der Waals surface area contributed by atoms with Crippen molar-refractivity contribution in [2.24, 2.45) is 5.10 Å². The smallest absolute Gasteiger partial charge is 0.290 e. The SMILES string of the molecule is COc1ccc(C2=NN(C(=O)/C=C3\SC(=O)NC3=O)C(c3ccc(N(C)C)cc3)C2)cc1. The second-order valence-electron chi connectivity index (χ2n) is 7.52. The Bertz CT molecular complexity index is 1120. The zero-order valence-corrected chi connectivity index (χ0v) is 18.7. The van der Waals surface area contributed by atoms with Gasteiger partial charge in [0, 0.05) is 32.3 Å². The van der Waals surface area contributed by atoms with E-state index in [0.29, 0.717) is 18.2 Å². The number of thioether (sulfide) groups is 1. The Labute approximate surface area is 189 Å². The summed E-state index contributed by atoms with van der Waals surface area (Å²) in [4.78, 5) is 38.5. The van der Waals surface area contributed by atoms with Gasteiger partial charge in [0.15, 0.2) is 0 Å². The number of hydrogen-bond acceptors (Lipinski definition) is 7. The Kier molecular flexibility index (Phi) is 6.00. The molecule has 0 bridgehead atoms. The fourth-order valence-corrected chi connectivity index (χ4v) is 4.17. The lowest BCUT2D eigenvalue weighted by Crippen LogP contribution is -2.26. The predicted molar refractivity (Wildman–Crippen MR) is 124 cm³/mol. The molecule has 4 rings (SSSR count). The van der Waals surface area contributed by atoms with Gasteiger partial charge >= 0.3 is 0 Å². The van der Waals surface area contributed by atoms with Crippen LogP contribution in [-0.4, -0.2) is 49.0 Å². The molecule has 0 radical (unpaired) electrons. The van der Waals surface area contributed by atoms with Crippen molar-refractivity contribution in [3.8, 4) is 5.75 Å². The van der Waals surface area contributed by atoms with Crippen LogP contribution in [0.1, 0.15) is 23.6 Å². The molecule has 8 nitrogen and oxygen atoms in total. The Balaban J connectivity index is 1.67. The summed E-state index contributed by atoms with van der Waals surface area (Å²) in [7, 11) is 5.53. The molecule has 0 aromatic heterocycles. The molecule has 1 atom stereocenters. The summed E-state index contributed by atoms with van der Waals surface area (Å²) in [5, 5.41) is 7.65. The molecule has 1 saturated heterocycles. The summed E-state index contributed by atoms with van der Waals surface area (Å²) in [5.74, 6) is -0.295. The van der Waals surface area contributed by atoms with Crippen LogP contribution in [0, 0.1) is 0 Å². The molecular formula is C23H22N4O4S. The van der Waals surface area contributed by atoms with Crippen molar-refractivity contribution in [1.29, 1.82) is 0 Å². The van der Waals surface area contributed by atoms with Gasteiger partial charge in [0.1, 0.15) is 5.75 Å². The van der Waals surface area contributed by atoms with Crippen LogP contribution in [0.25, 0.3) is 0 Å². The van der Waals surface area contributed by atoms with E-state index in [0.717, 1.165) is 28.3 Å². The predicted octanol–water partition coefficient (Wildman–Crippen LogP) is 3.31. The van der Waals surface area contributed by atoms with Gasteiger partial charge in [0.25, 0.3) is 17.1 Å². The quantitative estimate of drug-likeness (QED) is 0.703. The van der Waals surface area contributed by atoms with Crippen LogP contribution in [-0.2, 0) is 9.59 Å². The number of benzene rings is 2. The Morgan fingerprint density at radius 2 is 1.84 bits per heavy atom. The fraction of sp³-hybridized carbons (Fsp3) is 0.217. The second-order valence-corrected chi connectivity index (χ2v) is 8.53. The van der Waals surface area contributed by atoms with Crippen molar-refractivity contribution in [2.45, 2.75) is 12.5 Å². The van der Waals surface area contributed by atoms with E-state index >= 15 is 0 Å². The molecule has 0 aliphatic carbocycles. The monoisotopic (exact) mass is 450 g/mol. The molecule has 2 aromatic rings. The Hall–Kier alpha value is -3.59. The van der Waals surface area contributed by atoms with Crippen LogP contribution in [0.3, 0.4) is 0 Å². The normalized spacial score (nSPS) is 19.2. The van der Waals surface area contributed by atoms with E-state index in [2.05, 4.69) is 10.4 Å². The highest BCUT2D eigenvalue weighted by Crippen LogP contribution is 2.35. The third kappa shape index (κ3) is 4.38. The lowest BCUT2D eigenvalue weighted by atomic mass is 9.98. The molecule has 164 valence electrons. The highest BCUT2D eigenvalue weighted by Gasteiger charge is 2.34. The lowest BCUT2D eigenvalue weighted by molar-refractivity contribution is -0.128. The van der Waals surface area contributed by atoms with E-state index in [1.54, 1.807) is 7.11 Å². The topological polar surface area (TPSA) is 91.3 Å². The van der Waals surface area contributed by atoms with Crippen molar-refractivity contribution < 1.29 is 19.1 Å². The van der Waals surface area contributed by atoms with E-state index in [9.17, 15) is 14.4 Å². The number of carbonyl (C=O) groups is 3. The van der Waals surface area contributed by atoms with Crippen LogP contribution >= 0.6 is 11.8 Å². The first kappa shape index (κ1) is 21.6. The average Bonchev–Trinajstić information content (AvgIpc) is 3.37. The Morgan fingerprint density at radius 3 is 2.41 bits per heavy atom. The first-order chi connectivity index (χ1) is 15.4. The molecule has 3 amide bonds. The number of anilines is 1. The van der Waals surface area contributed by atoms with E-state index in [-0.39, 0.29) is 10.9 Å². The Morgan fingerprint density at radius 1 is 1.16 bits per heavy atom. The molecule has 2 heterocycles. The number of imide groups is 1. The van der Waals surface area contributed by atoms with Crippen LogP contribution in [0.4, 0.5) is 10.5 Å². The molecule has 1 N–H and O–H groups in total. The van der Waals surface area contributed by atoms with E-state index in [1.165, 1.54) is 11.1 Å². The summed E-state index contributed by atoms with van der Waals surface area (Å²) in [6.45, 7) is 0. The van der Waals surface area contributed by atoms with Crippen molar-refractivity contribution in [2.75, 3.05) is 26.1 Å². The fourth-order valence-electron chi connectivity index (χ4n) is 3.53. The van der Waals surface area contributed by atoms with E-state index < -0.39 is 17.1 Å². The molecule has 0 saturated carbocycles. The maximum absolute atomic E-state index is 13.1. The molecule has 2 aliphatic heterocycles. The first-order valence-electron chi connectivity index (χ1n) is 9.93. The summed E-state index contributed by atoms with van der Waals surface area (Å²) >= 11 is 0.710. The molecule has 2 aliphatic rings. The minimum Gasteiger partial charge on any atom is -0.497 e. The summed E-state index contributed by atoms with van der Waals surface area (Å²) < 4.78 is 5.22. The zero-order chi connectivity index (χ0) is 22.8. The van der Waals surface area contributed by atoms with Gasteiger partial charge in [0.2, 0.25) is 0 Å². The molecular weight excluding hydrogens is 428 g/mol.